The smallest absolute Gasteiger partial charge is 0.0772 e. The summed E-state index contributed by atoms with van der Waals surface area (Å²) in [7, 11) is 0. The summed E-state index contributed by atoms with van der Waals surface area (Å²) in [6.07, 6.45) is 5.62. The number of nitrogens with two attached hydrogens (primary N) is 1. The van der Waals surface area contributed by atoms with Crippen LogP contribution >= 0.6 is 0 Å². The van der Waals surface area contributed by atoms with E-state index in [2.05, 4.69) is 30.7 Å². The Hall–Kier alpha value is -1.09. The van der Waals surface area contributed by atoms with E-state index in [9.17, 15) is 0 Å². The van der Waals surface area contributed by atoms with Crippen LogP contribution in [0.1, 0.15) is 45.7 Å². The first-order chi connectivity index (χ1) is 8.15. The second kappa shape index (κ2) is 7.28. The molecule has 1 aromatic heterocycles. The maximum atomic E-state index is 5.93. The SMILES string of the molecule is CCCCCN(Cc1ncccc1N)C(C)C. The Morgan fingerprint density at radius 3 is 2.71 bits per heavy atom. The lowest BCUT2D eigenvalue weighted by Crippen LogP contribution is -2.32. The van der Waals surface area contributed by atoms with Gasteiger partial charge in [0.05, 0.1) is 11.4 Å². The van der Waals surface area contributed by atoms with E-state index in [4.69, 9.17) is 5.73 Å². The van der Waals surface area contributed by atoms with Gasteiger partial charge in [0.25, 0.3) is 0 Å². The lowest BCUT2D eigenvalue weighted by molar-refractivity contribution is 0.206. The van der Waals surface area contributed by atoms with Gasteiger partial charge in [-0.05, 0) is 38.9 Å². The molecule has 1 heterocycles. The van der Waals surface area contributed by atoms with Gasteiger partial charge in [-0.3, -0.25) is 9.88 Å². The second-order valence-electron chi connectivity index (χ2n) is 4.81. The van der Waals surface area contributed by atoms with Crippen molar-refractivity contribution >= 4 is 5.69 Å². The number of anilines is 1. The zero-order valence-corrected chi connectivity index (χ0v) is 11.3. The number of nitrogen functional groups attached to an aromatic ring is 1. The van der Waals surface area contributed by atoms with Crippen LogP contribution in [0.5, 0.6) is 0 Å². The van der Waals surface area contributed by atoms with Gasteiger partial charge in [-0.1, -0.05) is 19.8 Å². The van der Waals surface area contributed by atoms with Gasteiger partial charge in [0.2, 0.25) is 0 Å². The van der Waals surface area contributed by atoms with Gasteiger partial charge in [0, 0.05) is 18.8 Å². The van der Waals surface area contributed by atoms with E-state index >= 15 is 0 Å². The molecule has 3 nitrogen and oxygen atoms in total. The molecule has 1 rings (SSSR count). The molecule has 0 aliphatic rings. The van der Waals surface area contributed by atoms with E-state index in [1.54, 1.807) is 0 Å². The summed E-state index contributed by atoms with van der Waals surface area (Å²) in [4.78, 5) is 6.80. The van der Waals surface area contributed by atoms with Crippen LogP contribution < -0.4 is 5.73 Å². The molecule has 3 heteroatoms. The van der Waals surface area contributed by atoms with Crippen LogP contribution in [0, 0.1) is 0 Å². The van der Waals surface area contributed by atoms with Gasteiger partial charge in [-0.2, -0.15) is 0 Å². The van der Waals surface area contributed by atoms with Gasteiger partial charge in [0.1, 0.15) is 0 Å². The molecule has 2 N–H and O–H groups in total. The Morgan fingerprint density at radius 2 is 2.12 bits per heavy atom. The molecule has 0 radical (unpaired) electrons. The van der Waals surface area contributed by atoms with Crippen molar-refractivity contribution < 1.29 is 0 Å². The molecular formula is C14H25N3. The molecule has 0 amide bonds. The molecule has 0 aliphatic carbocycles. The second-order valence-corrected chi connectivity index (χ2v) is 4.81. The number of hydrogen-bond acceptors (Lipinski definition) is 3. The zero-order valence-electron chi connectivity index (χ0n) is 11.3. The zero-order chi connectivity index (χ0) is 12.7. The molecule has 0 saturated carbocycles. The predicted octanol–water partition coefficient (Wildman–Crippen LogP) is 3.06. The number of rotatable bonds is 7. The van der Waals surface area contributed by atoms with Crippen molar-refractivity contribution in [3.8, 4) is 0 Å². The van der Waals surface area contributed by atoms with Crippen LogP contribution in [0.15, 0.2) is 18.3 Å². The molecule has 0 saturated heterocycles. The van der Waals surface area contributed by atoms with Crippen molar-refractivity contribution in [2.75, 3.05) is 12.3 Å². The summed E-state index contributed by atoms with van der Waals surface area (Å²) in [5.74, 6) is 0. The van der Waals surface area contributed by atoms with E-state index in [1.807, 2.05) is 18.3 Å². The average molecular weight is 235 g/mol. The highest BCUT2D eigenvalue weighted by Gasteiger charge is 2.11. The van der Waals surface area contributed by atoms with Crippen molar-refractivity contribution in [3.05, 3.63) is 24.0 Å². The fraction of sp³-hybridized carbons (Fsp3) is 0.643. The first kappa shape index (κ1) is 14.0. The van der Waals surface area contributed by atoms with Crippen LogP contribution in [-0.2, 0) is 6.54 Å². The predicted molar refractivity (Wildman–Crippen MR) is 73.7 cm³/mol. The van der Waals surface area contributed by atoms with E-state index in [0.29, 0.717) is 6.04 Å². The van der Waals surface area contributed by atoms with E-state index in [0.717, 1.165) is 24.5 Å². The molecule has 1 aromatic rings. The Bertz CT molecular complexity index is 323. The maximum Gasteiger partial charge on any atom is 0.0772 e. The standard InChI is InChI=1S/C14H25N3/c1-4-5-6-10-17(12(2)3)11-14-13(15)8-7-9-16-14/h7-9,12H,4-6,10-11,15H2,1-3H3. The molecular weight excluding hydrogens is 210 g/mol. The molecule has 0 aromatic carbocycles. The van der Waals surface area contributed by atoms with Crippen molar-refractivity contribution in [1.82, 2.24) is 9.88 Å². The number of hydrogen-bond donors (Lipinski definition) is 1. The number of unbranched alkanes of at least 4 members (excludes halogenated alkanes) is 2. The quantitative estimate of drug-likeness (QED) is 0.739. The summed E-state index contributed by atoms with van der Waals surface area (Å²) in [6, 6.07) is 4.34. The lowest BCUT2D eigenvalue weighted by Gasteiger charge is -2.26. The summed E-state index contributed by atoms with van der Waals surface area (Å²) in [5.41, 5.74) is 7.73. The van der Waals surface area contributed by atoms with Gasteiger partial charge < -0.3 is 5.73 Å². The Balaban J connectivity index is 2.57. The Labute approximate surface area is 105 Å². The number of nitrogens with zero attached hydrogens (tertiary/aromatic N) is 2. The molecule has 0 fully saturated rings. The third-order valence-corrected chi connectivity index (χ3v) is 3.06. The fourth-order valence-electron chi connectivity index (χ4n) is 1.86. The topological polar surface area (TPSA) is 42.2 Å². The summed E-state index contributed by atoms with van der Waals surface area (Å²) in [6.45, 7) is 8.67. The largest absolute Gasteiger partial charge is 0.397 e. The third-order valence-electron chi connectivity index (χ3n) is 3.06. The van der Waals surface area contributed by atoms with E-state index in [1.165, 1.54) is 19.3 Å². The average Bonchev–Trinajstić information content (AvgIpc) is 2.30. The summed E-state index contributed by atoms with van der Waals surface area (Å²) >= 11 is 0. The van der Waals surface area contributed by atoms with Gasteiger partial charge >= 0.3 is 0 Å². The van der Waals surface area contributed by atoms with E-state index in [-0.39, 0.29) is 0 Å². The van der Waals surface area contributed by atoms with Crippen molar-refractivity contribution in [2.45, 2.75) is 52.6 Å². The number of aromatic nitrogens is 1. The minimum Gasteiger partial charge on any atom is -0.397 e. The fourth-order valence-corrected chi connectivity index (χ4v) is 1.86. The van der Waals surface area contributed by atoms with Gasteiger partial charge in [-0.15, -0.1) is 0 Å². The van der Waals surface area contributed by atoms with E-state index < -0.39 is 0 Å². The number of pyridine rings is 1. The molecule has 17 heavy (non-hydrogen) atoms. The van der Waals surface area contributed by atoms with Crippen molar-refractivity contribution in [2.24, 2.45) is 0 Å². The first-order valence-corrected chi connectivity index (χ1v) is 6.58. The molecule has 0 atom stereocenters. The van der Waals surface area contributed by atoms with Crippen LogP contribution in [0.2, 0.25) is 0 Å². The minimum absolute atomic E-state index is 0.535. The Kier molecular flexibility index (Phi) is 5.98. The Morgan fingerprint density at radius 1 is 1.35 bits per heavy atom. The normalized spacial score (nSPS) is 11.4. The van der Waals surface area contributed by atoms with Gasteiger partial charge in [0.15, 0.2) is 0 Å². The highest BCUT2D eigenvalue weighted by molar-refractivity contribution is 5.41. The van der Waals surface area contributed by atoms with Crippen molar-refractivity contribution in [1.29, 1.82) is 0 Å². The monoisotopic (exact) mass is 235 g/mol. The maximum absolute atomic E-state index is 5.93. The van der Waals surface area contributed by atoms with Crippen molar-refractivity contribution in [3.63, 3.8) is 0 Å². The van der Waals surface area contributed by atoms with Crippen LogP contribution in [-0.4, -0.2) is 22.5 Å². The van der Waals surface area contributed by atoms with Crippen LogP contribution in [0.25, 0.3) is 0 Å². The molecule has 96 valence electrons. The van der Waals surface area contributed by atoms with Gasteiger partial charge in [-0.25, -0.2) is 0 Å². The first-order valence-electron chi connectivity index (χ1n) is 6.58. The molecule has 0 bridgehead atoms. The lowest BCUT2D eigenvalue weighted by atomic mass is 10.2. The summed E-state index contributed by atoms with van der Waals surface area (Å²) < 4.78 is 0. The highest BCUT2D eigenvalue weighted by atomic mass is 15.1. The minimum atomic E-state index is 0.535. The van der Waals surface area contributed by atoms with Crippen LogP contribution in [0.3, 0.4) is 0 Å². The van der Waals surface area contributed by atoms with Crippen LogP contribution in [0.4, 0.5) is 5.69 Å². The molecule has 0 aliphatic heterocycles. The third kappa shape index (κ3) is 4.73. The summed E-state index contributed by atoms with van der Waals surface area (Å²) in [5, 5.41) is 0. The molecule has 0 spiro atoms. The molecule has 0 unspecified atom stereocenters. The highest BCUT2D eigenvalue weighted by Crippen LogP contribution is 2.13.